The zero-order valence-corrected chi connectivity index (χ0v) is 20.0. The lowest BCUT2D eigenvalue weighted by molar-refractivity contribution is -0.193. The molecule has 0 bridgehead atoms. The average molecular weight is 544 g/mol. The van der Waals surface area contributed by atoms with Crippen LogP contribution in [0.4, 0.5) is 26.3 Å². The molecule has 0 spiro atoms. The van der Waals surface area contributed by atoms with Crippen molar-refractivity contribution in [3.8, 4) is 0 Å². The molecule has 210 valence electrons. The van der Waals surface area contributed by atoms with Gasteiger partial charge in [0.1, 0.15) is 11.5 Å². The molecule has 1 aliphatic carbocycles. The van der Waals surface area contributed by atoms with Crippen LogP contribution in [0.5, 0.6) is 0 Å². The lowest BCUT2D eigenvalue weighted by Crippen LogP contribution is -2.39. The minimum atomic E-state index is -5.08. The van der Waals surface area contributed by atoms with Gasteiger partial charge >= 0.3 is 24.3 Å². The number of likely N-dealkylation sites (tertiary alicyclic amines) is 1. The van der Waals surface area contributed by atoms with E-state index in [0.29, 0.717) is 0 Å². The first-order chi connectivity index (χ1) is 17.2. The van der Waals surface area contributed by atoms with Crippen LogP contribution in [-0.2, 0) is 22.7 Å². The van der Waals surface area contributed by atoms with Crippen LogP contribution < -0.4 is 0 Å². The van der Waals surface area contributed by atoms with Crippen LogP contribution >= 0.6 is 0 Å². The largest absolute Gasteiger partial charge is 0.490 e. The molecule has 9 nitrogen and oxygen atoms in total. The molecule has 0 aromatic carbocycles. The summed E-state index contributed by atoms with van der Waals surface area (Å²) in [6, 6.07) is 0. The van der Waals surface area contributed by atoms with Gasteiger partial charge < -0.3 is 19.7 Å². The quantitative estimate of drug-likeness (QED) is 0.557. The molecule has 0 atom stereocenters. The fourth-order valence-corrected chi connectivity index (χ4v) is 4.45. The van der Waals surface area contributed by atoms with E-state index >= 15 is 0 Å². The van der Waals surface area contributed by atoms with Crippen molar-refractivity contribution in [2.45, 2.75) is 70.4 Å². The number of hydrogen-bond acceptors (Lipinski definition) is 5. The number of carboxylic acids is 2. The third kappa shape index (κ3) is 9.52. The molecule has 2 N–H and O–H groups in total. The second-order valence-electron chi connectivity index (χ2n) is 9.06. The molecule has 1 saturated heterocycles. The molecule has 1 amide bonds. The molecule has 37 heavy (non-hydrogen) atoms. The summed E-state index contributed by atoms with van der Waals surface area (Å²) in [5.74, 6) is -3.38. The molecule has 1 saturated carbocycles. The van der Waals surface area contributed by atoms with Crippen molar-refractivity contribution in [1.29, 1.82) is 0 Å². The number of aliphatic carboxylic acids is 2. The minimum Gasteiger partial charge on any atom is -0.475 e. The van der Waals surface area contributed by atoms with Crippen molar-refractivity contribution >= 4 is 17.8 Å². The van der Waals surface area contributed by atoms with E-state index < -0.39 is 24.3 Å². The second kappa shape index (κ2) is 13.1. The van der Waals surface area contributed by atoms with E-state index in [1.54, 1.807) is 6.20 Å². The number of fused-ring (bicyclic) bond motifs is 1. The van der Waals surface area contributed by atoms with E-state index in [1.807, 2.05) is 4.90 Å². The monoisotopic (exact) mass is 544 g/mol. The minimum absolute atomic E-state index is 0.182. The summed E-state index contributed by atoms with van der Waals surface area (Å²) in [7, 11) is 0. The maximum absolute atomic E-state index is 12.6. The number of carboxylic acid groups (broad SMARTS) is 2. The van der Waals surface area contributed by atoms with Crippen LogP contribution in [0.2, 0.25) is 0 Å². The first-order valence-corrected chi connectivity index (χ1v) is 11.9. The van der Waals surface area contributed by atoms with E-state index in [-0.39, 0.29) is 5.91 Å². The van der Waals surface area contributed by atoms with Gasteiger partial charge in [0.15, 0.2) is 0 Å². The molecule has 15 heteroatoms. The van der Waals surface area contributed by atoms with Crippen LogP contribution in [0.1, 0.15) is 61.3 Å². The number of alkyl halides is 6. The predicted octanol–water partition coefficient (Wildman–Crippen LogP) is 3.78. The third-order valence-electron chi connectivity index (χ3n) is 6.28. The number of nitrogens with zero attached hydrogens (tertiary/aromatic N) is 4. The van der Waals surface area contributed by atoms with Gasteiger partial charge in [-0.3, -0.25) is 9.69 Å². The fourth-order valence-electron chi connectivity index (χ4n) is 4.45. The van der Waals surface area contributed by atoms with Crippen molar-refractivity contribution < 1.29 is 50.9 Å². The van der Waals surface area contributed by atoms with E-state index in [1.165, 1.54) is 38.6 Å². The summed E-state index contributed by atoms with van der Waals surface area (Å²) in [5, 5.41) is 14.2. The Bertz CT molecular complexity index is 898. The third-order valence-corrected chi connectivity index (χ3v) is 6.28. The predicted molar refractivity (Wildman–Crippen MR) is 117 cm³/mol. The van der Waals surface area contributed by atoms with Gasteiger partial charge in [0.2, 0.25) is 0 Å². The molecule has 4 rings (SSSR count). The van der Waals surface area contributed by atoms with Crippen molar-refractivity contribution in [3.05, 3.63) is 17.7 Å². The fraction of sp³-hybridized carbons (Fsp3) is 0.727. The van der Waals surface area contributed by atoms with Crippen molar-refractivity contribution in [3.63, 3.8) is 0 Å². The van der Waals surface area contributed by atoms with E-state index in [9.17, 15) is 31.1 Å². The number of aromatic nitrogens is 2. The lowest BCUT2D eigenvalue weighted by atomic mass is 9.89. The number of imidazole rings is 1. The van der Waals surface area contributed by atoms with Gasteiger partial charge in [-0.05, 0) is 31.6 Å². The van der Waals surface area contributed by atoms with Crippen molar-refractivity contribution in [2.24, 2.45) is 5.92 Å². The number of halogens is 6. The molecule has 0 unspecified atom stereocenters. The van der Waals surface area contributed by atoms with Gasteiger partial charge in [0, 0.05) is 32.7 Å². The van der Waals surface area contributed by atoms with Crippen LogP contribution in [0.15, 0.2) is 6.20 Å². The standard InChI is InChI=1S/C18H28N4O.2C2HF3O2/c23-18(21-8-4-5-9-21)16-12-19-17-14-20(10-11-22(16)17)13-15-6-2-1-3-7-15;2*3-2(4,5)1(6)7/h12,15H,1-11,13-14H2;2*(H,6,7). The molecular weight excluding hydrogens is 514 g/mol. The smallest absolute Gasteiger partial charge is 0.475 e. The Morgan fingerprint density at radius 2 is 1.35 bits per heavy atom. The molecule has 1 aromatic heterocycles. The number of hydrogen-bond donors (Lipinski definition) is 2. The second-order valence-corrected chi connectivity index (χ2v) is 9.06. The average Bonchev–Trinajstić information content (AvgIpc) is 3.49. The van der Waals surface area contributed by atoms with Crippen LogP contribution in [0.3, 0.4) is 0 Å². The summed E-state index contributed by atoms with van der Waals surface area (Å²) in [6.07, 6.45) is 0.934. The van der Waals surface area contributed by atoms with Crippen molar-refractivity contribution in [1.82, 2.24) is 19.4 Å². The summed E-state index contributed by atoms with van der Waals surface area (Å²) < 4.78 is 65.6. The molecular formula is C22H30F6N4O5. The Morgan fingerprint density at radius 1 is 0.838 bits per heavy atom. The van der Waals surface area contributed by atoms with Gasteiger partial charge in [-0.25, -0.2) is 14.6 Å². The number of carbonyl (C=O) groups excluding carboxylic acids is 1. The summed E-state index contributed by atoms with van der Waals surface area (Å²) in [6.45, 7) is 5.91. The summed E-state index contributed by atoms with van der Waals surface area (Å²) in [4.78, 5) is 39.5. The number of rotatable bonds is 3. The lowest BCUT2D eigenvalue weighted by Gasteiger charge is -2.33. The highest BCUT2D eigenvalue weighted by atomic mass is 19.4. The molecule has 1 aromatic rings. The Balaban J connectivity index is 0.000000286. The topological polar surface area (TPSA) is 116 Å². The Morgan fingerprint density at radius 3 is 1.84 bits per heavy atom. The number of amides is 1. The highest BCUT2D eigenvalue weighted by Gasteiger charge is 2.39. The van der Waals surface area contributed by atoms with Crippen molar-refractivity contribution in [2.75, 3.05) is 26.2 Å². The maximum atomic E-state index is 12.6. The highest BCUT2D eigenvalue weighted by molar-refractivity contribution is 5.92. The Kier molecular flexibility index (Phi) is 10.8. The molecule has 3 aliphatic rings. The van der Waals surface area contributed by atoms with Crippen LogP contribution in [-0.4, -0.2) is 85.9 Å². The zero-order chi connectivity index (χ0) is 27.8. The molecule has 3 heterocycles. The molecule has 0 radical (unpaired) electrons. The number of carbonyl (C=O) groups is 3. The normalized spacial score (nSPS) is 18.7. The first-order valence-electron chi connectivity index (χ1n) is 11.9. The van der Waals surface area contributed by atoms with Crippen LogP contribution in [0.25, 0.3) is 0 Å². The SMILES string of the molecule is O=C(O)C(F)(F)F.O=C(O)C(F)(F)F.O=C(c1cnc2n1CCN(CC1CCCCC1)C2)N1CCCC1. The Hall–Kier alpha value is -2.84. The Labute approximate surface area is 209 Å². The van der Waals surface area contributed by atoms with Gasteiger partial charge in [-0.15, -0.1) is 0 Å². The van der Waals surface area contributed by atoms with E-state index in [4.69, 9.17) is 19.8 Å². The van der Waals surface area contributed by atoms with Gasteiger partial charge in [0.25, 0.3) is 5.91 Å². The van der Waals surface area contributed by atoms with Gasteiger partial charge in [-0.1, -0.05) is 19.3 Å². The van der Waals surface area contributed by atoms with Gasteiger partial charge in [0.05, 0.1) is 12.7 Å². The van der Waals surface area contributed by atoms with Gasteiger partial charge in [-0.2, -0.15) is 26.3 Å². The van der Waals surface area contributed by atoms with Crippen LogP contribution in [0, 0.1) is 5.92 Å². The summed E-state index contributed by atoms with van der Waals surface area (Å²) in [5.41, 5.74) is 0.805. The highest BCUT2D eigenvalue weighted by Crippen LogP contribution is 2.26. The zero-order valence-electron chi connectivity index (χ0n) is 20.0. The molecule has 2 fully saturated rings. The van der Waals surface area contributed by atoms with E-state index in [0.717, 1.165) is 63.0 Å². The first kappa shape index (κ1) is 30.4. The molecule has 2 aliphatic heterocycles. The van der Waals surface area contributed by atoms with E-state index in [2.05, 4.69) is 14.5 Å². The summed E-state index contributed by atoms with van der Waals surface area (Å²) >= 11 is 0. The maximum Gasteiger partial charge on any atom is 0.490 e.